The van der Waals surface area contributed by atoms with Crippen LogP contribution in [0.15, 0.2) is 42.5 Å². The molecule has 2 aromatic carbocycles. The van der Waals surface area contributed by atoms with Gasteiger partial charge < -0.3 is 10.2 Å². The molecule has 0 fully saturated rings. The Hall–Kier alpha value is -1.87. The van der Waals surface area contributed by atoms with E-state index in [0.717, 1.165) is 16.3 Å². The third-order valence-electron chi connectivity index (χ3n) is 3.03. The standard InChI is InChI=1S/C15H16O3/c16-14(6-3-7-15(17)18)13-9-8-11-4-1-2-5-12(11)10-13/h1-2,4-5,8-10,14,16H,3,6-7H2,(H,17,18). The first kappa shape index (κ1) is 12.6. The van der Waals surface area contributed by atoms with Crippen molar-refractivity contribution in [2.45, 2.75) is 25.4 Å². The Morgan fingerprint density at radius 3 is 2.56 bits per heavy atom. The molecule has 0 aliphatic heterocycles. The molecule has 3 heteroatoms. The Morgan fingerprint density at radius 2 is 1.83 bits per heavy atom. The van der Waals surface area contributed by atoms with Gasteiger partial charge in [0.2, 0.25) is 0 Å². The average molecular weight is 244 g/mol. The van der Waals surface area contributed by atoms with Crippen LogP contribution in [0.5, 0.6) is 0 Å². The number of fused-ring (bicyclic) bond motifs is 1. The van der Waals surface area contributed by atoms with Crippen molar-refractivity contribution in [2.75, 3.05) is 0 Å². The van der Waals surface area contributed by atoms with E-state index in [2.05, 4.69) is 0 Å². The smallest absolute Gasteiger partial charge is 0.303 e. The highest BCUT2D eigenvalue weighted by molar-refractivity contribution is 5.83. The zero-order valence-corrected chi connectivity index (χ0v) is 10.0. The minimum absolute atomic E-state index is 0.102. The van der Waals surface area contributed by atoms with Gasteiger partial charge in [0.25, 0.3) is 0 Å². The van der Waals surface area contributed by atoms with Crippen molar-refractivity contribution in [3.05, 3.63) is 48.0 Å². The summed E-state index contributed by atoms with van der Waals surface area (Å²) < 4.78 is 0. The summed E-state index contributed by atoms with van der Waals surface area (Å²) in [4.78, 5) is 10.4. The molecule has 2 N–H and O–H groups in total. The topological polar surface area (TPSA) is 57.5 Å². The number of hydrogen-bond donors (Lipinski definition) is 2. The van der Waals surface area contributed by atoms with Crippen LogP contribution in [0.2, 0.25) is 0 Å². The molecule has 94 valence electrons. The van der Waals surface area contributed by atoms with Gasteiger partial charge in [-0.05, 0) is 35.2 Å². The lowest BCUT2D eigenvalue weighted by molar-refractivity contribution is -0.137. The molecule has 3 nitrogen and oxygen atoms in total. The number of aliphatic hydroxyl groups is 1. The second-order valence-corrected chi connectivity index (χ2v) is 4.41. The van der Waals surface area contributed by atoms with Crippen LogP contribution in [0.3, 0.4) is 0 Å². The van der Waals surface area contributed by atoms with Crippen LogP contribution in [-0.4, -0.2) is 16.2 Å². The maximum atomic E-state index is 10.4. The van der Waals surface area contributed by atoms with Gasteiger partial charge in [-0.2, -0.15) is 0 Å². The fourth-order valence-electron chi connectivity index (χ4n) is 2.03. The molecule has 18 heavy (non-hydrogen) atoms. The molecule has 1 atom stereocenters. The van der Waals surface area contributed by atoms with Crippen molar-refractivity contribution < 1.29 is 15.0 Å². The number of carbonyl (C=O) groups is 1. The Bertz CT molecular complexity index is 548. The van der Waals surface area contributed by atoms with E-state index in [0.29, 0.717) is 12.8 Å². The van der Waals surface area contributed by atoms with Gasteiger partial charge in [0, 0.05) is 6.42 Å². The zero-order chi connectivity index (χ0) is 13.0. The van der Waals surface area contributed by atoms with Gasteiger partial charge in [-0.1, -0.05) is 36.4 Å². The highest BCUT2D eigenvalue weighted by Crippen LogP contribution is 2.23. The van der Waals surface area contributed by atoms with Gasteiger partial charge >= 0.3 is 5.97 Å². The minimum Gasteiger partial charge on any atom is -0.481 e. The van der Waals surface area contributed by atoms with E-state index in [1.165, 1.54) is 0 Å². The summed E-state index contributed by atoms with van der Waals surface area (Å²) in [5.74, 6) is -0.819. The van der Waals surface area contributed by atoms with Crippen LogP contribution in [-0.2, 0) is 4.79 Å². The largest absolute Gasteiger partial charge is 0.481 e. The Kier molecular flexibility index (Phi) is 3.95. The Morgan fingerprint density at radius 1 is 1.11 bits per heavy atom. The molecule has 0 saturated carbocycles. The van der Waals surface area contributed by atoms with E-state index in [1.54, 1.807) is 0 Å². The van der Waals surface area contributed by atoms with Crippen LogP contribution in [0.4, 0.5) is 0 Å². The summed E-state index contributed by atoms with van der Waals surface area (Å²) in [6.45, 7) is 0. The maximum Gasteiger partial charge on any atom is 0.303 e. The third-order valence-corrected chi connectivity index (χ3v) is 3.03. The molecule has 0 aliphatic rings. The van der Waals surface area contributed by atoms with E-state index >= 15 is 0 Å². The van der Waals surface area contributed by atoms with Gasteiger partial charge in [-0.15, -0.1) is 0 Å². The number of rotatable bonds is 5. The zero-order valence-electron chi connectivity index (χ0n) is 10.0. The van der Waals surface area contributed by atoms with Gasteiger partial charge in [0.1, 0.15) is 0 Å². The summed E-state index contributed by atoms with van der Waals surface area (Å²) in [6.07, 6.45) is 0.479. The Labute approximate surface area is 106 Å². The molecule has 0 aliphatic carbocycles. The molecule has 0 saturated heterocycles. The first-order valence-electron chi connectivity index (χ1n) is 6.05. The van der Waals surface area contributed by atoms with Gasteiger partial charge in [-0.3, -0.25) is 4.79 Å². The molecule has 1 unspecified atom stereocenters. The molecule has 2 rings (SSSR count). The lowest BCUT2D eigenvalue weighted by atomic mass is 10.0. The van der Waals surface area contributed by atoms with Crippen LogP contribution < -0.4 is 0 Å². The number of benzene rings is 2. The monoisotopic (exact) mass is 244 g/mol. The molecule has 0 aromatic heterocycles. The summed E-state index contributed by atoms with van der Waals surface area (Å²) in [5, 5.41) is 20.8. The molecule has 0 heterocycles. The van der Waals surface area contributed by atoms with Crippen LogP contribution in [0, 0.1) is 0 Å². The second kappa shape index (κ2) is 5.65. The molecular weight excluding hydrogens is 228 g/mol. The summed E-state index contributed by atoms with van der Waals surface area (Å²) in [6, 6.07) is 13.8. The predicted octanol–water partition coefficient (Wildman–Crippen LogP) is 3.13. The molecule has 0 bridgehead atoms. The second-order valence-electron chi connectivity index (χ2n) is 4.41. The quantitative estimate of drug-likeness (QED) is 0.849. The minimum atomic E-state index is -0.819. The fourth-order valence-corrected chi connectivity index (χ4v) is 2.03. The number of carboxylic acid groups (broad SMARTS) is 1. The predicted molar refractivity (Wildman–Crippen MR) is 70.4 cm³/mol. The highest BCUT2D eigenvalue weighted by Gasteiger charge is 2.09. The lowest BCUT2D eigenvalue weighted by Crippen LogP contribution is -2.00. The van der Waals surface area contributed by atoms with Crippen molar-refractivity contribution in [2.24, 2.45) is 0 Å². The molecule has 0 radical (unpaired) electrons. The SMILES string of the molecule is O=C(O)CCCC(O)c1ccc2ccccc2c1. The lowest BCUT2D eigenvalue weighted by Gasteiger charge is -2.11. The number of hydrogen-bond acceptors (Lipinski definition) is 2. The molecule has 2 aromatic rings. The van der Waals surface area contributed by atoms with Gasteiger partial charge in [-0.25, -0.2) is 0 Å². The fraction of sp³-hybridized carbons (Fsp3) is 0.267. The third kappa shape index (κ3) is 3.08. The van der Waals surface area contributed by atoms with Gasteiger partial charge in [0.15, 0.2) is 0 Å². The van der Waals surface area contributed by atoms with Gasteiger partial charge in [0.05, 0.1) is 6.10 Å². The molecule has 0 amide bonds. The van der Waals surface area contributed by atoms with E-state index in [9.17, 15) is 9.90 Å². The summed E-state index contributed by atoms with van der Waals surface area (Å²) >= 11 is 0. The number of aliphatic hydroxyl groups excluding tert-OH is 1. The Balaban J connectivity index is 2.08. The normalized spacial score (nSPS) is 12.5. The summed E-state index contributed by atoms with van der Waals surface area (Å²) in [5.41, 5.74) is 0.846. The average Bonchev–Trinajstić information content (AvgIpc) is 2.37. The van der Waals surface area contributed by atoms with E-state index in [-0.39, 0.29) is 6.42 Å². The van der Waals surface area contributed by atoms with Crippen LogP contribution in [0.1, 0.15) is 30.9 Å². The van der Waals surface area contributed by atoms with Crippen molar-refractivity contribution in [1.82, 2.24) is 0 Å². The first-order chi connectivity index (χ1) is 8.66. The van der Waals surface area contributed by atoms with Crippen molar-refractivity contribution in [1.29, 1.82) is 0 Å². The molecular formula is C15H16O3. The molecule has 0 spiro atoms. The van der Waals surface area contributed by atoms with E-state index in [4.69, 9.17) is 5.11 Å². The number of aliphatic carboxylic acids is 1. The van der Waals surface area contributed by atoms with Crippen molar-refractivity contribution in [3.63, 3.8) is 0 Å². The number of carboxylic acids is 1. The van der Waals surface area contributed by atoms with Crippen molar-refractivity contribution in [3.8, 4) is 0 Å². The van der Waals surface area contributed by atoms with Crippen molar-refractivity contribution >= 4 is 16.7 Å². The van der Waals surface area contributed by atoms with Crippen LogP contribution in [0.25, 0.3) is 10.8 Å². The highest BCUT2D eigenvalue weighted by atomic mass is 16.4. The summed E-state index contributed by atoms with van der Waals surface area (Å²) in [7, 11) is 0. The first-order valence-corrected chi connectivity index (χ1v) is 6.05. The van der Waals surface area contributed by atoms with Crippen LogP contribution >= 0.6 is 0 Å². The maximum absolute atomic E-state index is 10.4. The van der Waals surface area contributed by atoms with E-state index in [1.807, 2.05) is 42.5 Å². The van der Waals surface area contributed by atoms with E-state index < -0.39 is 12.1 Å².